The van der Waals surface area contributed by atoms with Crippen LogP contribution in [0, 0.1) is 0 Å². The third kappa shape index (κ3) is 4.66. The van der Waals surface area contributed by atoms with E-state index in [1.54, 1.807) is 12.1 Å². The molecular formula is C13H20N4O3S. The second-order valence-corrected chi connectivity index (χ2v) is 7.39. The summed E-state index contributed by atoms with van der Waals surface area (Å²) in [6, 6.07) is 2.95. The molecule has 2 heterocycles. The fraction of sp³-hybridized carbons (Fsp3) is 0.615. The minimum absolute atomic E-state index is 0.00280. The van der Waals surface area contributed by atoms with E-state index >= 15 is 0 Å². The molecule has 1 aliphatic heterocycles. The summed E-state index contributed by atoms with van der Waals surface area (Å²) in [5.41, 5.74) is 0.195. The van der Waals surface area contributed by atoms with E-state index in [0.717, 1.165) is 19.4 Å². The zero-order chi connectivity index (χ0) is 15.3. The van der Waals surface area contributed by atoms with Gasteiger partial charge in [0.2, 0.25) is 0 Å². The highest BCUT2D eigenvalue weighted by molar-refractivity contribution is 7.91. The summed E-state index contributed by atoms with van der Waals surface area (Å²) >= 11 is 0. The molecule has 1 amide bonds. The van der Waals surface area contributed by atoms with Crippen molar-refractivity contribution in [3.05, 3.63) is 17.8 Å². The molecule has 0 aliphatic carbocycles. The lowest BCUT2D eigenvalue weighted by Gasteiger charge is -2.10. The van der Waals surface area contributed by atoms with Gasteiger partial charge < -0.3 is 10.6 Å². The molecule has 116 valence electrons. The monoisotopic (exact) mass is 312 g/mol. The number of carbonyl (C=O) groups is 1. The van der Waals surface area contributed by atoms with Gasteiger partial charge in [0.15, 0.2) is 15.5 Å². The smallest absolute Gasteiger partial charge is 0.272 e. The second-order valence-electron chi connectivity index (χ2n) is 5.16. The lowest BCUT2D eigenvalue weighted by Crippen LogP contribution is -2.36. The highest BCUT2D eigenvalue weighted by Gasteiger charge is 2.29. The van der Waals surface area contributed by atoms with E-state index < -0.39 is 9.84 Å². The van der Waals surface area contributed by atoms with Gasteiger partial charge >= 0.3 is 0 Å². The largest absolute Gasteiger partial charge is 0.369 e. The van der Waals surface area contributed by atoms with Gasteiger partial charge in [-0.1, -0.05) is 13.3 Å². The van der Waals surface area contributed by atoms with Crippen LogP contribution in [0.1, 0.15) is 36.7 Å². The topological polar surface area (TPSA) is 101 Å². The molecule has 1 unspecified atom stereocenters. The van der Waals surface area contributed by atoms with E-state index in [4.69, 9.17) is 0 Å². The van der Waals surface area contributed by atoms with Gasteiger partial charge in [-0.05, 0) is 25.0 Å². The van der Waals surface area contributed by atoms with Gasteiger partial charge in [-0.3, -0.25) is 4.79 Å². The van der Waals surface area contributed by atoms with Gasteiger partial charge in [0.25, 0.3) is 5.91 Å². The van der Waals surface area contributed by atoms with Gasteiger partial charge in [0.1, 0.15) is 5.82 Å². The summed E-state index contributed by atoms with van der Waals surface area (Å²) in [5.74, 6) is 0.375. The van der Waals surface area contributed by atoms with E-state index in [-0.39, 0.29) is 29.1 Å². The molecular weight excluding hydrogens is 292 g/mol. The van der Waals surface area contributed by atoms with Gasteiger partial charge in [0.05, 0.1) is 11.5 Å². The van der Waals surface area contributed by atoms with E-state index in [2.05, 4.69) is 27.8 Å². The van der Waals surface area contributed by atoms with Crippen molar-refractivity contribution in [2.75, 3.05) is 23.4 Å². The van der Waals surface area contributed by atoms with Crippen LogP contribution >= 0.6 is 0 Å². The molecule has 1 atom stereocenters. The molecule has 0 radical (unpaired) electrons. The van der Waals surface area contributed by atoms with Crippen molar-refractivity contribution in [3.63, 3.8) is 0 Å². The van der Waals surface area contributed by atoms with Crippen molar-refractivity contribution in [1.82, 2.24) is 15.5 Å². The molecule has 0 aromatic carbocycles. The van der Waals surface area contributed by atoms with E-state index in [0.29, 0.717) is 12.2 Å². The Kier molecular flexibility index (Phi) is 5.11. The number of amides is 1. The number of nitrogens with one attached hydrogen (secondary N) is 2. The number of hydrogen-bond donors (Lipinski definition) is 2. The van der Waals surface area contributed by atoms with Gasteiger partial charge in [-0.15, -0.1) is 10.2 Å². The van der Waals surface area contributed by atoms with E-state index in [1.165, 1.54) is 0 Å². The zero-order valence-corrected chi connectivity index (χ0v) is 12.8. The van der Waals surface area contributed by atoms with Gasteiger partial charge in [-0.25, -0.2) is 8.42 Å². The van der Waals surface area contributed by atoms with Crippen molar-refractivity contribution >= 4 is 21.6 Å². The maximum atomic E-state index is 12.0. The van der Waals surface area contributed by atoms with Crippen LogP contribution in [0.2, 0.25) is 0 Å². The molecule has 1 fully saturated rings. The van der Waals surface area contributed by atoms with E-state index in [9.17, 15) is 13.2 Å². The minimum atomic E-state index is -3.00. The van der Waals surface area contributed by atoms with Crippen LogP contribution in [0.25, 0.3) is 0 Å². The van der Waals surface area contributed by atoms with Crippen molar-refractivity contribution in [3.8, 4) is 0 Å². The fourth-order valence-electron chi connectivity index (χ4n) is 2.11. The Labute approximate surface area is 124 Å². The first-order valence-electron chi connectivity index (χ1n) is 7.09. The van der Waals surface area contributed by atoms with Crippen molar-refractivity contribution in [1.29, 1.82) is 0 Å². The number of rotatable bonds is 6. The average molecular weight is 312 g/mol. The molecule has 8 heteroatoms. The van der Waals surface area contributed by atoms with Gasteiger partial charge in [0, 0.05) is 12.6 Å². The first-order valence-corrected chi connectivity index (χ1v) is 8.91. The minimum Gasteiger partial charge on any atom is -0.369 e. The number of hydrogen-bond acceptors (Lipinski definition) is 6. The summed E-state index contributed by atoms with van der Waals surface area (Å²) in [6.45, 7) is 2.92. The van der Waals surface area contributed by atoms with Crippen LogP contribution < -0.4 is 10.6 Å². The van der Waals surface area contributed by atoms with Crippen LogP contribution in [0.15, 0.2) is 12.1 Å². The Morgan fingerprint density at radius 2 is 2.19 bits per heavy atom. The summed E-state index contributed by atoms with van der Waals surface area (Å²) in [6.07, 6.45) is 2.59. The number of unbranched alkanes of at least 4 members (excludes halogenated alkanes) is 1. The molecule has 1 aliphatic rings. The molecule has 2 rings (SSSR count). The number of sulfone groups is 1. The number of anilines is 1. The van der Waals surface area contributed by atoms with Crippen LogP contribution in [-0.2, 0) is 9.84 Å². The maximum Gasteiger partial charge on any atom is 0.272 e. The van der Waals surface area contributed by atoms with Gasteiger partial charge in [-0.2, -0.15) is 0 Å². The first kappa shape index (κ1) is 15.7. The molecule has 1 aromatic heterocycles. The number of aromatic nitrogens is 2. The lowest BCUT2D eigenvalue weighted by atomic mass is 10.2. The van der Waals surface area contributed by atoms with Crippen LogP contribution in [0.5, 0.6) is 0 Å². The highest BCUT2D eigenvalue weighted by Crippen LogP contribution is 2.12. The molecule has 1 saturated heterocycles. The van der Waals surface area contributed by atoms with Crippen LogP contribution in [-0.4, -0.2) is 48.6 Å². The average Bonchev–Trinajstić information content (AvgIpc) is 2.79. The molecule has 2 N–H and O–H groups in total. The second kappa shape index (κ2) is 6.84. The third-order valence-corrected chi connectivity index (χ3v) is 5.07. The molecule has 0 saturated carbocycles. The molecule has 1 aromatic rings. The summed E-state index contributed by atoms with van der Waals surface area (Å²) in [5, 5.41) is 13.6. The summed E-state index contributed by atoms with van der Waals surface area (Å²) in [4.78, 5) is 12.0. The van der Waals surface area contributed by atoms with Crippen molar-refractivity contribution in [2.24, 2.45) is 0 Å². The Bertz CT molecular complexity index is 586. The zero-order valence-electron chi connectivity index (χ0n) is 12.0. The Hall–Kier alpha value is -1.70. The molecule has 21 heavy (non-hydrogen) atoms. The third-order valence-electron chi connectivity index (χ3n) is 3.30. The lowest BCUT2D eigenvalue weighted by molar-refractivity contribution is 0.0935. The van der Waals surface area contributed by atoms with Crippen molar-refractivity contribution in [2.45, 2.75) is 32.2 Å². The van der Waals surface area contributed by atoms with Crippen molar-refractivity contribution < 1.29 is 13.2 Å². The fourth-order valence-corrected chi connectivity index (χ4v) is 3.78. The first-order chi connectivity index (χ1) is 10.00. The molecule has 0 spiro atoms. The molecule has 0 bridgehead atoms. The predicted octanol–water partition coefficient (Wildman–Crippen LogP) is 0.605. The Morgan fingerprint density at radius 3 is 2.76 bits per heavy atom. The standard InChI is InChI=1S/C13H20N4O3S/c1-2-3-7-14-12-5-4-11(16-17-12)13(18)15-10-6-8-21(19,20)9-10/h4-5,10H,2-3,6-9H2,1H3,(H,14,17)(H,15,18). The van der Waals surface area contributed by atoms with Crippen LogP contribution in [0.4, 0.5) is 5.82 Å². The normalized spacial score (nSPS) is 20.1. The summed E-state index contributed by atoms with van der Waals surface area (Å²) < 4.78 is 22.7. The molecule has 7 nitrogen and oxygen atoms in total. The van der Waals surface area contributed by atoms with Crippen LogP contribution in [0.3, 0.4) is 0 Å². The maximum absolute atomic E-state index is 12.0. The predicted molar refractivity (Wildman–Crippen MR) is 80.0 cm³/mol. The Balaban J connectivity index is 1.88. The number of nitrogens with zero attached hydrogens (tertiary/aromatic N) is 2. The quantitative estimate of drug-likeness (QED) is 0.746. The Morgan fingerprint density at radius 1 is 1.38 bits per heavy atom. The highest BCUT2D eigenvalue weighted by atomic mass is 32.2. The summed E-state index contributed by atoms with van der Waals surface area (Å²) in [7, 11) is -3.00. The number of carbonyl (C=O) groups excluding carboxylic acids is 1. The van der Waals surface area contributed by atoms with E-state index in [1.807, 2.05) is 0 Å². The SMILES string of the molecule is CCCCNc1ccc(C(=O)NC2CCS(=O)(=O)C2)nn1.